The van der Waals surface area contributed by atoms with Crippen molar-refractivity contribution in [2.45, 2.75) is 0 Å². The minimum Gasteiger partial charge on any atom is -0.240 e. The molecule has 1 aliphatic heterocycles. The van der Waals surface area contributed by atoms with Crippen molar-refractivity contribution in [2.75, 3.05) is 5.32 Å². The predicted molar refractivity (Wildman–Crippen MR) is 37.9 cm³/mol. The van der Waals surface area contributed by atoms with Crippen LogP contribution in [-0.4, -0.2) is 6.34 Å². The Hall–Kier alpha value is -1.31. The van der Waals surface area contributed by atoms with Gasteiger partial charge >= 0.3 is 0 Å². The number of benzene rings is 1. The molecule has 0 saturated heterocycles. The molecule has 9 heavy (non-hydrogen) atoms. The zero-order valence-electron chi connectivity index (χ0n) is 4.83. The van der Waals surface area contributed by atoms with Crippen LogP contribution in [0.5, 0.6) is 0 Å². The quantitative estimate of drug-likeness (QED) is 0.542. The van der Waals surface area contributed by atoms with Crippen molar-refractivity contribution in [3.05, 3.63) is 24.3 Å². The number of nitrogens with one attached hydrogen (secondary N) is 1. The summed E-state index contributed by atoms with van der Waals surface area (Å²) in [5.74, 6) is 0. The molecule has 0 aromatic heterocycles. The van der Waals surface area contributed by atoms with Crippen molar-refractivity contribution in [1.29, 1.82) is 0 Å². The van der Waals surface area contributed by atoms with Gasteiger partial charge in [0, 0.05) is 0 Å². The molecule has 1 aromatic rings. The average Bonchev–Trinajstić information content (AvgIpc) is 2.33. The van der Waals surface area contributed by atoms with E-state index in [0.29, 0.717) is 0 Å². The molecule has 0 amide bonds. The molecule has 1 aromatic carbocycles. The third kappa shape index (κ3) is 0.598. The second-order valence-electron chi connectivity index (χ2n) is 1.92. The number of aliphatic imine (C=N–C) groups is 1. The predicted octanol–water partition coefficient (Wildman–Crippen LogP) is 1.11. The fourth-order valence-electron chi connectivity index (χ4n) is 0.880. The first-order valence-corrected chi connectivity index (χ1v) is 2.85. The molecule has 0 bridgehead atoms. The van der Waals surface area contributed by atoms with Gasteiger partial charge in [-0.3, -0.25) is 0 Å². The summed E-state index contributed by atoms with van der Waals surface area (Å²) < 4.78 is 0. The van der Waals surface area contributed by atoms with Gasteiger partial charge in [-0.1, -0.05) is 12.1 Å². The van der Waals surface area contributed by atoms with E-state index in [4.69, 9.17) is 0 Å². The molecule has 0 unspecified atom stereocenters. The van der Waals surface area contributed by atoms with E-state index in [0.717, 1.165) is 11.4 Å². The molecule has 1 heterocycles. The van der Waals surface area contributed by atoms with Crippen LogP contribution in [0.4, 0.5) is 11.4 Å². The molecule has 0 aliphatic carbocycles. The number of hydrogen-bond donors (Lipinski definition) is 1. The van der Waals surface area contributed by atoms with Crippen LogP contribution in [0.25, 0.3) is 0 Å². The van der Waals surface area contributed by atoms with Crippen molar-refractivity contribution < 1.29 is 0 Å². The van der Waals surface area contributed by atoms with Crippen LogP contribution in [0.1, 0.15) is 0 Å². The van der Waals surface area contributed by atoms with Gasteiger partial charge in [0.2, 0.25) is 5.69 Å². The van der Waals surface area contributed by atoms with Gasteiger partial charge in [0.25, 0.3) is 6.34 Å². The van der Waals surface area contributed by atoms with Gasteiger partial charge in [0.1, 0.15) is 0 Å². The molecule has 1 radical (unpaired) electrons. The molecule has 0 spiro atoms. The van der Waals surface area contributed by atoms with Crippen LogP contribution < -0.4 is 10.3 Å². The van der Waals surface area contributed by atoms with E-state index in [-0.39, 0.29) is 0 Å². The highest BCUT2D eigenvalue weighted by Gasteiger charge is 2.12. The van der Waals surface area contributed by atoms with E-state index >= 15 is 0 Å². The normalized spacial score (nSPS) is 12.9. The van der Waals surface area contributed by atoms with Crippen molar-refractivity contribution in [2.24, 2.45) is 0 Å². The summed E-state index contributed by atoms with van der Waals surface area (Å²) in [6.45, 7) is 0. The van der Waals surface area contributed by atoms with Gasteiger partial charge in [0.05, 0.1) is 0 Å². The molecule has 1 N–H and O–H groups in total. The molecule has 2 rings (SSSR count). The molecule has 0 saturated carbocycles. The fraction of sp³-hybridized carbons (Fsp3) is 0. The Labute approximate surface area is 53.2 Å². The first kappa shape index (κ1) is 4.56. The highest BCUT2D eigenvalue weighted by Crippen LogP contribution is 2.20. The lowest BCUT2D eigenvalue weighted by molar-refractivity contribution is 1.44. The van der Waals surface area contributed by atoms with E-state index < -0.39 is 0 Å². The topological polar surface area (TPSA) is 26.1 Å². The van der Waals surface area contributed by atoms with E-state index in [1.807, 2.05) is 24.3 Å². The minimum atomic E-state index is 1.03. The number of hydrogen-bond acceptors (Lipinski definition) is 2. The molecule has 43 valence electrons. The maximum atomic E-state index is 4.06. The van der Waals surface area contributed by atoms with Crippen molar-refractivity contribution in [3.63, 3.8) is 0 Å². The standard InChI is InChI=1S/C7H6N2/c1-2-4-7-6(3-1)8-5-9-7/h1-5,8H/q+1. The van der Waals surface area contributed by atoms with Crippen molar-refractivity contribution >= 4 is 17.7 Å². The van der Waals surface area contributed by atoms with E-state index in [2.05, 4.69) is 10.3 Å². The molecular weight excluding hydrogens is 112 g/mol. The van der Waals surface area contributed by atoms with Crippen LogP contribution in [0.3, 0.4) is 0 Å². The first-order chi connectivity index (χ1) is 4.47. The van der Waals surface area contributed by atoms with Crippen molar-refractivity contribution in [1.82, 2.24) is 4.99 Å². The van der Waals surface area contributed by atoms with Crippen LogP contribution in [0.2, 0.25) is 0 Å². The second kappa shape index (κ2) is 1.58. The summed E-state index contributed by atoms with van der Waals surface area (Å²) in [7, 11) is 0. The van der Waals surface area contributed by atoms with Crippen LogP contribution in [-0.2, 0) is 0 Å². The SMILES string of the molecule is C1=[N+]c2ccccc2N1. The largest absolute Gasteiger partial charge is 0.285 e. The van der Waals surface area contributed by atoms with Crippen LogP contribution >= 0.6 is 0 Å². The smallest absolute Gasteiger partial charge is 0.240 e. The average molecular weight is 118 g/mol. The number of para-hydroxylation sites is 2. The number of fused-ring (bicyclic) bond motifs is 1. The van der Waals surface area contributed by atoms with Gasteiger partial charge in [-0.05, 0) is 17.1 Å². The minimum absolute atomic E-state index is 1.03. The number of anilines is 1. The van der Waals surface area contributed by atoms with Crippen LogP contribution in [0, 0.1) is 0 Å². The monoisotopic (exact) mass is 118 g/mol. The zero-order valence-corrected chi connectivity index (χ0v) is 4.83. The van der Waals surface area contributed by atoms with Gasteiger partial charge in [-0.2, -0.15) is 0 Å². The molecule has 2 heteroatoms. The summed E-state index contributed by atoms with van der Waals surface area (Å²) in [5, 5.41) is 3.01. The molecular formula is C7H6N2+. The van der Waals surface area contributed by atoms with Gasteiger partial charge < -0.3 is 0 Å². The lowest BCUT2D eigenvalue weighted by Gasteiger charge is -1.84. The van der Waals surface area contributed by atoms with E-state index in [1.54, 1.807) is 6.34 Å². The Kier molecular flexibility index (Phi) is 0.803. The summed E-state index contributed by atoms with van der Waals surface area (Å²) in [6, 6.07) is 7.94. The Morgan fingerprint density at radius 3 is 3.00 bits per heavy atom. The third-order valence-corrected chi connectivity index (χ3v) is 1.33. The molecule has 0 fully saturated rings. The van der Waals surface area contributed by atoms with E-state index in [1.165, 1.54) is 0 Å². The Balaban J connectivity index is 2.63. The Morgan fingerprint density at radius 1 is 1.22 bits per heavy atom. The summed E-state index contributed by atoms with van der Waals surface area (Å²) in [5.41, 5.74) is 2.12. The summed E-state index contributed by atoms with van der Waals surface area (Å²) in [6.07, 6.45) is 1.70. The van der Waals surface area contributed by atoms with E-state index in [9.17, 15) is 0 Å². The van der Waals surface area contributed by atoms with Crippen LogP contribution in [0.15, 0.2) is 24.3 Å². The highest BCUT2D eigenvalue weighted by molar-refractivity contribution is 5.88. The third-order valence-electron chi connectivity index (χ3n) is 1.33. The lowest BCUT2D eigenvalue weighted by atomic mass is 10.3. The second-order valence-corrected chi connectivity index (χ2v) is 1.92. The Morgan fingerprint density at radius 2 is 2.11 bits per heavy atom. The van der Waals surface area contributed by atoms with Crippen molar-refractivity contribution in [3.8, 4) is 0 Å². The Bertz CT molecular complexity index is 253. The molecule has 1 aliphatic rings. The molecule has 0 atom stereocenters. The maximum absolute atomic E-state index is 4.06. The maximum Gasteiger partial charge on any atom is 0.285 e. The summed E-state index contributed by atoms with van der Waals surface area (Å²) >= 11 is 0. The first-order valence-electron chi connectivity index (χ1n) is 2.85. The van der Waals surface area contributed by atoms with Gasteiger partial charge in [0.15, 0.2) is 5.69 Å². The molecule has 2 nitrogen and oxygen atoms in total. The fourth-order valence-corrected chi connectivity index (χ4v) is 0.880. The summed E-state index contributed by atoms with van der Waals surface area (Å²) in [4.78, 5) is 4.06. The van der Waals surface area contributed by atoms with Gasteiger partial charge in [-0.15, -0.1) is 0 Å². The highest BCUT2D eigenvalue weighted by atomic mass is 15.0. The van der Waals surface area contributed by atoms with Gasteiger partial charge in [-0.25, -0.2) is 5.32 Å². The number of nitrogens with zero attached hydrogens (tertiary/aromatic N) is 1. The zero-order chi connectivity index (χ0) is 6.10. The number of rotatable bonds is 0. The lowest BCUT2D eigenvalue weighted by Crippen LogP contribution is -1.86.